The lowest BCUT2D eigenvalue weighted by Crippen LogP contribution is -2.55. The molecule has 5 rings (SSSR count). The zero-order valence-corrected chi connectivity index (χ0v) is 26.9. The molecule has 1 aliphatic heterocycles. The van der Waals surface area contributed by atoms with Crippen molar-refractivity contribution in [3.63, 3.8) is 0 Å². The lowest BCUT2D eigenvalue weighted by Gasteiger charge is -2.40. The van der Waals surface area contributed by atoms with Gasteiger partial charge in [-0.05, 0) is 29.3 Å². The largest absolute Gasteiger partial charge is 0.388 e. The van der Waals surface area contributed by atoms with Crippen LogP contribution in [0.4, 0.5) is 0 Å². The molecule has 0 bridgehead atoms. The van der Waals surface area contributed by atoms with Gasteiger partial charge in [0.25, 0.3) is 0 Å². The van der Waals surface area contributed by atoms with Crippen molar-refractivity contribution in [2.24, 2.45) is 0 Å². The fourth-order valence-corrected chi connectivity index (χ4v) is 5.65. The topological polar surface area (TPSA) is 63.6 Å². The molecule has 0 unspecified atom stereocenters. The normalized spacial score (nSPS) is 16.9. The van der Waals surface area contributed by atoms with Crippen LogP contribution in [-0.2, 0) is 45.4 Å². The summed E-state index contributed by atoms with van der Waals surface area (Å²) >= 11 is 0. The highest BCUT2D eigenvalue weighted by molar-refractivity contribution is 5.16. The average molecular weight is 625 g/mol. The number of ether oxygens (including phenoxy) is 4. The standard InChI is InChI=1S/C39H48N2O5/c1-40-22-24-41(25-23-40)26-37(44-28-33-16-8-3-9-17-33)39(46-30-35-20-12-5-13-21-35)38(45-29-34-18-10-4-11-19-34)36(42)31-43-27-32-14-6-2-7-15-32/h2-21,36-39,42H,22-31H2,1H3/t36-,37-,38-,39+/m1/s1. The van der Waals surface area contributed by atoms with Gasteiger partial charge in [0.2, 0.25) is 0 Å². The number of aliphatic hydroxyl groups is 1. The van der Waals surface area contributed by atoms with Crippen molar-refractivity contribution in [1.82, 2.24) is 9.80 Å². The second-order valence-corrected chi connectivity index (χ2v) is 12.0. The fraction of sp³-hybridized carbons (Fsp3) is 0.385. The fourth-order valence-electron chi connectivity index (χ4n) is 5.65. The van der Waals surface area contributed by atoms with E-state index in [2.05, 4.69) is 41.1 Å². The van der Waals surface area contributed by atoms with Crippen molar-refractivity contribution < 1.29 is 24.1 Å². The van der Waals surface area contributed by atoms with Gasteiger partial charge in [-0.3, -0.25) is 4.90 Å². The molecule has 0 saturated carbocycles. The van der Waals surface area contributed by atoms with Gasteiger partial charge in [-0.25, -0.2) is 0 Å². The number of piperazine rings is 1. The third kappa shape index (κ3) is 11.1. The highest BCUT2D eigenvalue weighted by Crippen LogP contribution is 2.23. The lowest BCUT2D eigenvalue weighted by molar-refractivity contribution is -0.191. The van der Waals surface area contributed by atoms with Gasteiger partial charge in [0.15, 0.2) is 0 Å². The molecular formula is C39H48N2O5. The molecule has 7 nitrogen and oxygen atoms in total. The van der Waals surface area contributed by atoms with Crippen LogP contribution >= 0.6 is 0 Å². The highest BCUT2D eigenvalue weighted by atomic mass is 16.6. The maximum Gasteiger partial charge on any atom is 0.115 e. The number of hydrogen-bond acceptors (Lipinski definition) is 7. The van der Waals surface area contributed by atoms with Crippen molar-refractivity contribution >= 4 is 0 Å². The third-order valence-corrected chi connectivity index (χ3v) is 8.38. The number of benzene rings is 4. The van der Waals surface area contributed by atoms with Crippen LogP contribution < -0.4 is 0 Å². The van der Waals surface area contributed by atoms with Crippen LogP contribution in [-0.4, -0.2) is 85.7 Å². The van der Waals surface area contributed by atoms with E-state index in [9.17, 15) is 5.11 Å². The van der Waals surface area contributed by atoms with E-state index >= 15 is 0 Å². The Morgan fingerprint density at radius 3 is 1.43 bits per heavy atom. The van der Waals surface area contributed by atoms with Gasteiger partial charge < -0.3 is 29.0 Å². The van der Waals surface area contributed by atoms with E-state index in [0.717, 1.165) is 48.4 Å². The molecule has 0 aliphatic carbocycles. The molecular weight excluding hydrogens is 576 g/mol. The SMILES string of the molecule is CN1CCN(C[C@@H](OCc2ccccc2)[C@H](OCc2ccccc2)[C@H](OCc2ccccc2)[C@H](O)COCc2ccccc2)CC1. The minimum Gasteiger partial charge on any atom is -0.388 e. The van der Waals surface area contributed by atoms with Crippen LogP contribution in [0.15, 0.2) is 121 Å². The van der Waals surface area contributed by atoms with Gasteiger partial charge >= 0.3 is 0 Å². The second kappa shape index (κ2) is 18.7. The Bertz CT molecular complexity index is 1350. The minimum absolute atomic E-state index is 0.0967. The molecule has 4 aromatic carbocycles. The zero-order chi connectivity index (χ0) is 31.8. The average Bonchev–Trinajstić information content (AvgIpc) is 3.11. The first kappa shape index (κ1) is 33.9. The van der Waals surface area contributed by atoms with E-state index in [1.165, 1.54) is 0 Å². The smallest absolute Gasteiger partial charge is 0.115 e. The maximum absolute atomic E-state index is 11.8. The van der Waals surface area contributed by atoms with Crippen molar-refractivity contribution in [1.29, 1.82) is 0 Å². The molecule has 7 heteroatoms. The highest BCUT2D eigenvalue weighted by Gasteiger charge is 2.38. The molecule has 0 amide bonds. The van der Waals surface area contributed by atoms with E-state index in [1.54, 1.807) is 0 Å². The second-order valence-electron chi connectivity index (χ2n) is 12.0. The van der Waals surface area contributed by atoms with Crippen LogP contribution in [0.3, 0.4) is 0 Å². The molecule has 4 aromatic rings. The first-order valence-corrected chi connectivity index (χ1v) is 16.3. The summed E-state index contributed by atoms with van der Waals surface area (Å²) in [6.07, 6.45) is -2.63. The molecule has 1 saturated heterocycles. The molecule has 1 N–H and O–H groups in total. The monoisotopic (exact) mass is 624 g/mol. The van der Waals surface area contributed by atoms with E-state index in [4.69, 9.17) is 18.9 Å². The summed E-state index contributed by atoms with van der Waals surface area (Å²) in [5.41, 5.74) is 4.20. The number of nitrogens with zero attached hydrogens (tertiary/aromatic N) is 2. The van der Waals surface area contributed by atoms with Gasteiger partial charge in [0, 0.05) is 32.7 Å². The van der Waals surface area contributed by atoms with E-state index in [-0.39, 0.29) is 12.7 Å². The zero-order valence-electron chi connectivity index (χ0n) is 26.9. The first-order valence-electron chi connectivity index (χ1n) is 16.3. The Balaban J connectivity index is 1.41. The number of rotatable bonds is 18. The lowest BCUT2D eigenvalue weighted by atomic mass is 10.0. The summed E-state index contributed by atoms with van der Waals surface area (Å²) in [5.74, 6) is 0. The first-order chi connectivity index (χ1) is 22.6. The maximum atomic E-state index is 11.8. The molecule has 1 aliphatic rings. The summed E-state index contributed by atoms with van der Waals surface area (Å²) in [6, 6.07) is 40.4. The molecule has 244 valence electrons. The number of hydrogen-bond donors (Lipinski definition) is 1. The molecule has 0 aromatic heterocycles. The van der Waals surface area contributed by atoms with Gasteiger partial charge in [0.1, 0.15) is 18.3 Å². The predicted molar refractivity (Wildman–Crippen MR) is 181 cm³/mol. The van der Waals surface area contributed by atoms with Gasteiger partial charge in [0.05, 0.1) is 39.1 Å². The summed E-state index contributed by atoms with van der Waals surface area (Å²) < 4.78 is 26.2. The van der Waals surface area contributed by atoms with Crippen LogP contribution in [0.1, 0.15) is 22.3 Å². The van der Waals surface area contributed by atoms with Gasteiger partial charge in [-0.1, -0.05) is 121 Å². The van der Waals surface area contributed by atoms with Crippen LogP contribution in [0.25, 0.3) is 0 Å². The Morgan fingerprint density at radius 2 is 0.957 bits per heavy atom. The van der Waals surface area contributed by atoms with Gasteiger partial charge in [-0.15, -0.1) is 0 Å². The van der Waals surface area contributed by atoms with E-state index in [0.29, 0.717) is 33.0 Å². The van der Waals surface area contributed by atoms with E-state index < -0.39 is 18.3 Å². The molecule has 1 heterocycles. The van der Waals surface area contributed by atoms with Crippen molar-refractivity contribution in [2.45, 2.75) is 50.8 Å². The van der Waals surface area contributed by atoms with Crippen LogP contribution in [0.5, 0.6) is 0 Å². The molecule has 0 spiro atoms. The van der Waals surface area contributed by atoms with Gasteiger partial charge in [-0.2, -0.15) is 0 Å². The summed E-state index contributed by atoms with van der Waals surface area (Å²) in [5, 5.41) is 11.8. The summed E-state index contributed by atoms with van der Waals surface area (Å²) in [4.78, 5) is 4.78. The number of aliphatic hydroxyl groups excluding tert-OH is 1. The molecule has 0 radical (unpaired) electrons. The number of likely N-dealkylation sites (N-methyl/N-ethyl adjacent to an activating group) is 1. The predicted octanol–water partition coefficient (Wildman–Crippen LogP) is 5.57. The van der Waals surface area contributed by atoms with Crippen LogP contribution in [0, 0.1) is 0 Å². The molecule has 1 fully saturated rings. The van der Waals surface area contributed by atoms with Crippen LogP contribution in [0.2, 0.25) is 0 Å². The Hall–Kier alpha value is -3.40. The molecule has 46 heavy (non-hydrogen) atoms. The van der Waals surface area contributed by atoms with Crippen molar-refractivity contribution in [2.75, 3.05) is 46.4 Å². The van der Waals surface area contributed by atoms with Crippen molar-refractivity contribution in [3.05, 3.63) is 144 Å². The minimum atomic E-state index is -0.955. The van der Waals surface area contributed by atoms with E-state index in [1.807, 2.05) is 97.1 Å². The quantitative estimate of drug-likeness (QED) is 0.155. The Labute approximate surface area is 274 Å². The molecule has 4 atom stereocenters. The summed E-state index contributed by atoms with van der Waals surface area (Å²) in [7, 11) is 2.16. The summed E-state index contributed by atoms with van der Waals surface area (Å²) in [6.45, 7) is 6.12. The Kier molecular flexibility index (Phi) is 13.8. The van der Waals surface area contributed by atoms with Crippen molar-refractivity contribution in [3.8, 4) is 0 Å². The Morgan fingerprint density at radius 1 is 0.543 bits per heavy atom. The third-order valence-electron chi connectivity index (χ3n) is 8.38.